The van der Waals surface area contributed by atoms with Crippen molar-refractivity contribution < 1.29 is 8.42 Å². The molecule has 26 heavy (non-hydrogen) atoms. The van der Waals surface area contributed by atoms with Crippen LogP contribution in [0.4, 0.5) is 0 Å². The summed E-state index contributed by atoms with van der Waals surface area (Å²) in [4.78, 5) is 4.48. The Labute approximate surface area is 182 Å². The molecule has 2 rings (SSSR count). The van der Waals surface area contributed by atoms with Crippen LogP contribution >= 0.6 is 47.3 Å². The number of nitrogens with one attached hydrogen (secondary N) is 2. The van der Waals surface area contributed by atoms with Gasteiger partial charge in [-0.1, -0.05) is 23.7 Å². The van der Waals surface area contributed by atoms with E-state index in [0.717, 1.165) is 17.1 Å². The summed E-state index contributed by atoms with van der Waals surface area (Å²) in [5, 5.41) is 6.90. The van der Waals surface area contributed by atoms with Crippen LogP contribution in [0.25, 0.3) is 0 Å². The van der Waals surface area contributed by atoms with Gasteiger partial charge in [-0.3, -0.25) is 0 Å². The number of guanidine groups is 1. The van der Waals surface area contributed by atoms with Gasteiger partial charge in [0.05, 0.1) is 12.3 Å². The number of thioether (sulfide) groups is 1. The van der Waals surface area contributed by atoms with E-state index in [-0.39, 0.29) is 29.7 Å². The largest absolute Gasteiger partial charge is 0.357 e. The minimum atomic E-state index is -3.21. The molecule has 1 aliphatic heterocycles. The average Bonchev–Trinajstić information content (AvgIpc) is 2.60. The molecule has 1 aliphatic rings. The summed E-state index contributed by atoms with van der Waals surface area (Å²) >= 11 is 7.77. The minimum Gasteiger partial charge on any atom is -0.357 e. The molecule has 0 atom stereocenters. The van der Waals surface area contributed by atoms with Crippen LogP contribution in [0, 0.1) is 0 Å². The first-order valence-corrected chi connectivity index (χ1v) is 11.5. The van der Waals surface area contributed by atoms with Gasteiger partial charge in [0.15, 0.2) is 5.96 Å². The SMILES string of the molecule is CCNC(=NCc1cccc(Cl)c1)NCCS(=O)(=O)N1CCSCC1.I. The van der Waals surface area contributed by atoms with Crippen LogP contribution in [0.1, 0.15) is 12.5 Å². The summed E-state index contributed by atoms with van der Waals surface area (Å²) in [5.41, 5.74) is 1.00. The molecule has 0 amide bonds. The van der Waals surface area contributed by atoms with Gasteiger partial charge in [-0.25, -0.2) is 17.7 Å². The molecule has 1 aromatic carbocycles. The Morgan fingerprint density at radius 3 is 2.69 bits per heavy atom. The van der Waals surface area contributed by atoms with Crippen molar-refractivity contribution in [2.75, 3.05) is 43.4 Å². The second-order valence-electron chi connectivity index (χ2n) is 5.58. The van der Waals surface area contributed by atoms with Gasteiger partial charge in [0, 0.05) is 42.7 Å². The topological polar surface area (TPSA) is 73.8 Å². The predicted octanol–water partition coefficient (Wildman–Crippen LogP) is 2.39. The molecule has 0 radical (unpaired) electrons. The van der Waals surface area contributed by atoms with Crippen molar-refractivity contribution in [1.29, 1.82) is 0 Å². The number of nitrogens with zero attached hydrogens (tertiary/aromatic N) is 2. The summed E-state index contributed by atoms with van der Waals surface area (Å²) in [7, 11) is -3.21. The first-order chi connectivity index (χ1) is 12.0. The molecule has 1 saturated heterocycles. The van der Waals surface area contributed by atoms with E-state index in [1.807, 2.05) is 31.2 Å². The molecule has 6 nitrogen and oxygen atoms in total. The van der Waals surface area contributed by atoms with E-state index in [1.165, 1.54) is 0 Å². The van der Waals surface area contributed by atoms with Gasteiger partial charge in [-0.15, -0.1) is 24.0 Å². The Balaban J connectivity index is 0.00000338. The van der Waals surface area contributed by atoms with Crippen molar-refractivity contribution in [1.82, 2.24) is 14.9 Å². The summed E-state index contributed by atoms with van der Waals surface area (Å²) in [5.74, 6) is 2.42. The maximum atomic E-state index is 12.3. The standard InChI is InChI=1S/C16H25ClN4O2S2.HI/c1-2-18-16(20-13-14-4-3-5-15(17)12-14)19-6-11-25(22,23)21-7-9-24-10-8-21;/h3-5,12H,2,6-11,13H2,1H3,(H2,18,19,20);1H. The van der Waals surface area contributed by atoms with Crippen molar-refractivity contribution in [3.63, 3.8) is 0 Å². The van der Waals surface area contributed by atoms with Gasteiger partial charge in [-0.2, -0.15) is 11.8 Å². The first-order valence-electron chi connectivity index (χ1n) is 8.33. The Kier molecular flexibility index (Phi) is 11.2. The average molecular weight is 533 g/mol. The monoisotopic (exact) mass is 532 g/mol. The molecule has 0 aliphatic carbocycles. The third-order valence-corrected chi connectivity index (χ3v) is 6.72. The molecule has 10 heteroatoms. The van der Waals surface area contributed by atoms with Gasteiger partial charge in [0.1, 0.15) is 0 Å². The number of hydrogen-bond acceptors (Lipinski definition) is 4. The predicted molar refractivity (Wildman–Crippen MR) is 122 cm³/mol. The molecule has 1 fully saturated rings. The van der Waals surface area contributed by atoms with Gasteiger partial charge in [0.2, 0.25) is 10.0 Å². The molecule has 0 aromatic heterocycles. The Morgan fingerprint density at radius 1 is 1.31 bits per heavy atom. The molecular formula is C16H26ClIN4O2S2. The number of hydrogen-bond donors (Lipinski definition) is 2. The van der Waals surface area contributed by atoms with Gasteiger partial charge >= 0.3 is 0 Å². The van der Waals surface area contributed by atoms with E-state index in [2.05, 4.69) is 15.6 Å². The van der Waals surface area contributed by atoms with Gasteiger partial charge in [0.25, 0.3) is 0 Å². The van der Waals surface area contributed by atoms with Crippen LogP contribution in [0.2, 0.25) is 5.02 Å². The van der Waals surface area contributed by atoms with Crippen molar-refractivity contribution >= 4 is 63.3 Å². The van der Waals surface area contributed by atoms with E-state index in [9.17, 15) is 8.42 Å². The molecule has 0 spiro atoms. The zero-order chi connectivity index (χ0) is 18.1. The number of rotatable bonds is 7. The molecule has 148 valence electrons. The fraction of sp³-hybridized carbons (Fsp3) is 0.562. The van der Waals surface area contributed by atoms with E-state index in [4.69, 9.17) is 11.6 Å². The third-order valence-electron chi connectivity index (χ3n) is 3.67. The number of halogens is 2. The lowest BCUT2D eigenvalue weighted by Gasteiger charge is -2.25. The quantitative estimate of drug-likeness (QED) is 0.321. The lowest BCUT2D eigenvalue weighted by Crippen LogP contribution is -2.44. The van der Waals surface area contributed by atoms with Gasteiger partial charge < -0.3 is 10.6 Å². The maximum absolute atomic E-state index is 12.3. The number of aliphatic imine (C=N–C) groups is 1. The third kappa shape index (κ3) is 8.20. The first kappa shape index (κ1) is 23.8. The van der Waals surface area contributed by atoms with Crippen molar-refractivity contribution in [3.8, 4) is 0 Å². The number of sulfonamides is 1. The minimum absolute atomic E-state index is 0. The Morgan fingerprint density at radius 2 is 2.04 bits per heavy atom. The second kappa shape index (κ2) is 12.3. The van der Waals surface area contributed by atoms with E-state index in [0.29, 0.717) is 43.7 Å². The molecule has 0 saturated carbocycles. The highest BCUT2D eigenvalue weighted by Crippen LogP contribution is 2.13. The fourth-order valence-corrected chi connectivity index (χ4v) is 5.10. The van der Waals surface area contributed by atoms with E-state index in [1.54, 1.807) is 16.1 Å². The van der Waals surface area contributed by atoms with Crippen LogP contribution in [0.5, 0.6) is 0 Å². The molecule has 0 bridgehead atoms. The van der Waals surface area contributed by atoms with Crippen LogP contribution in [-0.4, -0.2) is 62.1 Å². The summed E-state index contributed by atoms with van der Waals surface area (Å²) in [6.45, 7) is 4.70. The van der Waals surface area contributed by atoms with E-state index >= 15 is 0 Å². The molecule has 0 unspecified atom stereocenters. The van der Waals surface area contributed by atoms with Crippen LogP contribution < -0.4 is 10.6 Å². The highest BCUT2D eigenvalue weighted by atomic mass is 127. The summed E-state index contributed by atoms with van der Waals surface area (Å²) < 4.78 is 26.3. The highest BCUT2D eigenvalue weighted by Gasteiger charge is 2.23. The van der Waals surface area contributed by atoms with E-state index < -0.39 is 10.0 Å². The molecule has 1 heterocycles. The zero-order valence-corrected chi connectivity index (χ0v) is 19.5. The number of benzene rings is 1. The molecular weight excluding hydrogens is 507 g/mol. The lowest BCUT2D eigenvalue weighted by molar-refractivity contribution is 0.443. The highest BCUT2D eigenvalue weighted by molar-refractivity contribution is 14.0. The fourth-order valence-electron chi connectivity index (χ4n) is 2.40. The zero-order valence-electron chi connectivity index (χ0n) is 14.8. The second-order valence-corrected chi connectivity index (χ2v) is 9.33. The van der Waals surface area contributed by atoms with Crippen LogP contribution in [-0.2, 0) is 16.6 Å². The van der Waals surface area contributed by atoms with Gasteiger partial charge in [-0.05, 0) is 24.6 Å². The molecule has 1 aromatic rings. The Bertz CT molecular complexity index is 683. The lowest BCUT2D eigenvalue weighted by atomic mass is 10.2. The summed E-state index contributed by atoms with van der Waals surface area (Å²) in [6.07, 6.45) is 0. The summed E-state index contributed by atoms with van der Waals surface area (Å²) in [6, 6.07) is 7.53. The Hall–Kier alpha value is -0.230. The van der Waals surface area contributed by atoms with Crippen LogP contribution in [0.15, 0.2) is 29.3 Å². The van der Waals surface area contributed by atoms with Crippen molar-refractivity contribution in [2.24, 2.45) is 4.99 Å². The van der Waals surface area contributed by atoms with Crippen molar-refractivity contribution in [3.05, 3.63) is 34.9 Å². The smallest absolute Gasteiger partial charge is 0.215 e. The molecule has 2 N–H and O–H groups in total. The normalized spacial score (nSPS) is 16.0. The van der Waals surface area contributed by atoms with Crippen LogP contribution in [0.3, 0.4) is 0 Å². The van der Waals surface area contributed by atoms with Crippen molar-refractivity contribution in [2.45, 2.75) is 13.5 Å². The maximum Gasteiger partial charge on any atom is 0.215 e.